The van der Waals surface area contributed by atoms with Gasteiger partial charge in [-0.25, -0.2) is 0 Å². The summed E-state index contributed by atoms with van der Waals surface area (Å²) in [5.41, 5.74) is 6.99. The number of ether oxygens (including phenoxy) is 1. The third-order valence-corrected chi connectivity index (χ3v) is 5.05. The molecule has 0 bridgehead atoms. The summed E-state index contributed by atoms with van der Waals surface area (Å²) in [6, 6.07) is 15.2. The molecular weight excluding hydrogens is 382 g/mol. The number of amidine groups is 1. The lowest BCUT2D eigenvalue weighted by atomic mass is 9.80. The molecular formula is C19H20BrN3O2. The molecule has 0 saturated heterocycles. The van der Waals surface area contributed by atoms with Crippen molar-refractivity contribution < 1.29 is 9.53 Å². The van der Waals surface area contributed by atoms with E-state index in [1.54, 1.807) is 14.0 Å². The minimum Gasteiger partial charge on any atom is -0.485 e. The van der Waals surface area contributed by atoms with Crippen molar-refractivity contribution in [3.8, 4) is 5.75 Å². The van der Waals surface area contributed by atoms with Crippen molar-refractivity contribution >= 4 is 27.7 Å². The van der Waals surface area contributed by atoms with E-state index in [-0.39, 0.29) is 17.8 Å². The third kappa shape index (κ3) is 3.19. The summed E-state index contributed by atoms with van der Waals surface area (Å²) < 4.78 is 6.96. The highest BCUT2D eigenvalue weighted by Gasteiger charge is 2.46. The van der Waals surface area contributed by atoms with Crippen molar-refractivity contribution in [2.45, 2.75) is 25.0 Å². The van der Waals surface area contributed by atoms with Gasteiger partial charge in [0, 0.05) is 23.5 Å². The molecule has 0 spiro atoms. The first-order valence-electron chi connectivity index (χ1n) is 7.97. The molecule has 0 aliphatic carbocycles. The molecule has 0 saturated carbocycles. The molecule has 1 aliphatic heterocycles. The van der Waals surface area contributed by atoms with Gasteiger partial charge in [-0.15, -0.1) is 0 Å². The molecule has 1 aliphatic rings. The van der Waals surface area contributed by atoms with Crippen LogP contribution in [0.4, 0.5) is 0 Å². The van der Waals surface area contributed by atoms with E-state index in [2.05, 4.69) is 15.9 Å². The summed E-state index contributed by atoms with van der Waals surface area (Å²) in [4.78, 5) is 14.4. The zero-order valence-electron chi connectivity index (χ0n) is 14.1. The topological polar surface area (TPSA) is 79.4 Å². The maximum atomic E-state index is 13.1. The summed E-state index contributed by atoms with van der Waals surface area (Å²) in [5.74, 6) is 0.424. The lowest BCUT2D eigenvalue weighted by Crippen LogP contribution is -2.55. The van der Waals surface area contributed by atoms with Crippen molar-refractivity contribution in [2.75, 3.05) is 7.05 Å². The van der Waals surface area contributed by atoms with Crippen LogP contribution in [-0.2, 0) is 10.3 Å². The molecule has 0 fully saturated rings. The van der Waals surface area contributed by atoms with Gasteiger partial charge in [0.15, 0.2) is 0 Å². The van der Waals surface area contributed by atoms with Gasteiger partial charge in [0.25, 0.3) is 5.91 Å². The molecule has 6 heteroatoms. The van der Waals surface area contributed by atoms with Gasteiger partial charge in [0.1, 0.15) is 17.4 Å². The quantitative estimate of drug-likeness (QED) is 0.595. The Morgan fingerprint density at radius 2 is 2.00 bits per heavy atom. The van der Waals surface area contributed by atoms with E-state index in [9.17, 15) is 4.79 Å². The van der Waals surface area contributed by atoms with Crippen LogP contribution in [0.5, 0.6) is 5.75 Å². The van der Waals surface area contributed by atoms with Crippen LogP contribution < -0.4 is 10.5 Å². The molecule has 1 amide bonds. The second-order valence-corrected chi connectivity index (χ2v) is 7.20. The molecule has 25 heavy (non-hydrogen) atoms. The van der Waals surface area contributed by atoms with E-state index in [0.29, 0.717) is 17.7 Å². The molecule has 2 aromatic rings. The van der Waals surface area contributed by atoms with E-state index in [4.69, 9.17) is 15.9 Å². The molecule has 3 N–H and O–H groups in total. The summed E-state index contributed by atoms with van der Waals surface area (Å²) in [6.45, 7) is 1.57. The van der Waals surface area contributed by atoms with Gasteiger partial charge in [-0.2, -0.15) is 0 Å². The Morgan fingerprint density at radius 1 is 1.32 bits per heavy atom. The normalized spacial score (nSPS) is 21.8. The number of benzene rings is 2. The smallest absolute Gasteiger partial charge is 0.252 e. The van der Waals surface area contributed by atoms with E-state index < -0.39 is 5.54 Å². The van der Waals surface area contributed by atoms with Crippen LogP contribution in [0.15, 0.2) is 53.0 Å². The second kappa shape index (κ2) is 6.61. The summed E-state index contributed by atoms with van der Waals surface area (Å²) >= 11 is 3.44. The monoisotopic (exact) mass is 401 g/mol. The Morgan fingerprint density at radius 3 is 2.64 bits per heavy atom. The Kier molecular flexibility index (Phi) is 4.67. The molecule has 2 atom stereocenters. The number of hydrogen-bond donors (Lipinski definition) is 2. The number of amides is 1. The van der Waals surface area contributed by atoms with E-state index in [1.807, 2.05) is 48.5 Å². The van der Waals surface area contributed by atoms with Gasteiger partial charge < -0.3 is 15.4 Å². The summed E-state index contributed by atoms with van der Waals surface area (Å²) in [5, 5.41) is 7.79. The Bertz CT molecular complexity index is 825. The largest absolute Gasteiger partial charge is 0.485 e. The molecule has 0 radical (unpaired) electrons. The number of fused-ring (bicyclic) bond motifs is 1. The number of carbonyl (C=O) groups is 1. The van der Waals surface area contributed by atoms with Crippen LogP contribution in [0.2, 0.25) is 0 Å². The maximum Gasteiger partial charge on any atom is 0.252 e. The van der Waals surface area contributed by atoms with Crippen molar-refractivity contribution in [1.29, 1.82) is 5.41 Å². The predicted molar refractivity (Wildman–Crippen MR) is 101 cm³/mol. The van der Waals surface area contributed by atoms with Crippen molar-refractivity contribution in [2.24, 2.45) is 5.73 Å². The lowest BCUT2D eigenvalue weighted by Gasteiger charge is -2.40. The average Bonchev–Trinajstić information content (AvgIpc) is 2.61. The fourth-order valence-corrected chi connectivity index (χ4v) is 3.42. The Balaban J connectivity index is 2.10. The molecule has 5 nitrogen and oxygen atoms in total. The maximum absolute atomic E-state index is 13.1. The predicted octanol–water partition coefficient (Wildman–Crippen LogP) is 3.58. The fraction of sp³-hybridized carbons (Fsp3) is 0.263. The van der Waals surface area contributed by atoms with Crippen LogP contribution in [0, 0.1) is 5.41 Å². The van der Waals surface area contributed by atoms with Crippen molar-refractivity contribution in [3.05, 3.63) is 64.1 Å². The van der Waals surface area contributed by atoms with Crippen LogP contribution in [-0.4, -0.2) is 23.7 Å². The SMILES string of the molecule is CC(=N)N(C)C(=O)C1(N)CC(c2ccccc2)Oc2ccc(Br)cc21. The number of likely N-dealkylation sites (N-methyl/N-ethyl adjacent to an activating group) is 1. The van der Waals surface area contributed by atoms with Gasteiger partial charge >= 0.3 is 0 Å². The fourth-order valence-electron chi connectivity index (χ4n) is 3.06. The molecule has 1 heterocycles. The van der Waals surface area contributed by atoms with Gasteiger partial charge in [-0.1, -0.05) is 46.3 Å². The molecule has 2 unspecified atom stereocenters. The first kappa shape index (κ1) is 17.6. The zero-order chi connectivity index (χ0) is 18.2. The van der Waals surface area contributed by atoms with Gasteiger partial charge in [0.05, 0.1) is 5.84 Å². The van der Waals surface area contributed by atoms with Gasteiger partial charge in [-0.05, 0) is 30.7 Å². The standard InChI is InChI=1S/C19H20BrN3O2/c1-12(21)23(2)18(24)19(22)11-17(13-6-4-3-5-7-13)25-16-9-8-14(20)10-15(16)19/h3-10,17,21H,11,22H2,1-2H3. The molecule has 3 rings (SSSR count). The van der Waals surface area contributed by atoms with E-state index in [1.165, 1.54) is 4.90 Å². The molecule has 2 aromatic carbocycles. The van der Waals surface area contributed by atoms with Gasteiger partial charge in [0.2, 0.25) is 0 Å². The van der Waals surface area contributed by atoms with E-state index >= 15 is 0 Å². The van der Waals surface area contributed by atoms with Crippen LogP contribution >= 0.6 is 15.9 Å². The lowest BCUT2D eigenvalue weighted by molar-refractivity contribution is -0.134. The first-order chi connectivity index (χ1) is 11.8. The number of nitrogens with two attached hydrogens (primary N) is 1. The van der Waals surface area contributed by atoms with E-state index in [0.717, 1.165) is 10.0 Å². The highest BCUT2D eigenvalue weighted by Crippen LogP contribution is 2.45. The summed E-state index contributed by atoms with van der Waals surface area (Å²) in [7, 11) is 1.57. The minimum atomic E-state index is -1.27. The Hall–Kier alpha value is -2.18. The number of halogens is 1. The van der Waals surface area contributed by atoms with Crippen LogP contribution in [0.25, 0.3) is 0 Å². The zero-order valence-corrected chi connectivity index (χ0v) is 15.7. The number of nitrogens with one attached hydrogen (secondary N) is 1. The second-order valence-electron chi connectivity index (χ2n) is 6.28. The number of hydrogen-bond acceptors (Lipinski definition) is 4. The molecule has 130 valence electrons. The van der Waals surface area contributed by atoms with Gasteiger partial charge in [-0.3, -0.25) is 10.2 Å². The van der Waals surface area contributed by atoms with Crippen LogP contribution in [0.1, 0.15) is 30.6 Å². The number of rotatable bonds is 2. The highest BCUT2D eigenvalue weighted by molar-refractivity contribution is 9.10. The highest BCUT2D eigenvalue weighted by atomic mass is 79.9. The first-order valence-corrected chi connectivity index (χ1v) is 8.76. The number of carbonyl (C=O) groups excluding carboxylic acids is 1. The molecule has 0 aromatic heterocycles. The van der Waals surface area contributed by atoms with Crippen molar-refractivity contribution in [1.82, 2.24) is 4.90 Å². The minimum absolute atomic E-state index is 0.147. The Labute approximate surface area is 155 Å². The van der Waals surface area contributed by atoms with Crippen molar-refractivity contribution in [3.63, 3.8) is 0 Å². The third-order valence-electron chi connectivity index (χ3n) is 4.56. The number of nitrogens with zero attached hydrogens (tertiary/aromatic N) is 1. The average molecular weight is 402 g/mol. The summed E-state index contributed by atoms with van der Waals surface area (Å²) in [6.07, 6.45) is -0.0278. The van der Waals surface area contributed by atoms with Crippen LogP contribution in [0.3, 0.4) is 0 Å².